The lowest BCUT2D eigenvalue weighted by atomic mass is 10.1. The molecule has 2 amide bonds. The normalized spacial score (nSPS) is 13.7. The number of fused-ring (bicyclic) bond motifs is 1. The minimum Gasteiger partial charge on any atom is -0.463 e. The predicted octanol–water partition coefficient (Wildman–Crippen LogP) is 1.03. The van der Waals surface area contributed by atoms with Crippen molar-refractivity contribution in [3.63, 3.8) is 0 Å². The summed E-state index contributed by atoms with van der Waals surface area (Å²) in [5.74, 6) is -0.408. The van der Waals surface area contributed by atoms with Crippen LogP contribution in [0.3, 0.4) is 0 Å². The van der Waals surface area contributed by atoms with Crippen LogP contribution >= 0.6 is 0 Å². The summed E-state index contributed by atoms with van der Waals surface area (Å²) in [5, 5.41) is 1.05. The van der Waals surface area contributed by atoms with Crippen molar-refractivity contribution >= 4 is 17.6 Å². The van der Waals surface area contributed by atoms with Crippen LogP contribution in [0, 0.1) is 0 Å². The molecular formula is C13H12N2O3. The monoisotopic (exact) mass is 244 g/mol. The van der Waals surface area contributed by atoms with Crippen molar-refractivity contribution in [2.45, 2.75) is 13.8 Å². The Morgan fingerprint density at radius 2 is 2.17 bits per heavy atom. The van der Waals surface area contributed by atoms with E-state index >= 15 is 0 Å². The van der Waals surface area contributed by atoms with Crippen LogP contribution in [0.2, 0.25) is 0 Å². The number of carbonyl (C=O) groups is 2. The van der Waals surface area contributed by atoms with E-state index in [1.54, 1.807) is 32.0 Å². The zero-order valence-corrected chi connectivity index (χ0v) is 10.1. The molecule has 1 aliphatic rings. The van der Waals surface area contributed by atoms with Crippen molar-refractivity contribution in [2.75, 3.05) is 6.61 Å². The Balaban J connectivity index is 2.47. The van der Waals surface area contributed by atoms with Gasteiger partial charge in [-0.15, -0.1) is 0 Å². The van der Waals surface area contributed by atoms with E-state index in [-0.39, 0.29) is 0 Å². The lowest BCUT2D eigenvalue weighted by Crippen LogP contribution is -2.25. The summed E-state index contributed by atoms with van der Waals surface area (Å²) in [5.41, 5.74) is 1.41. The van der Waals surface area contributed by atoms with E-state index in [0.717, 1.165) is 5.56 Å². The molecule has 0 spiro atoms. The topological polar surface area (TPSA) is 68.1 Å². The van der Waals surface area contributed by atoms with Gasteiger partial charge in [0.1, 0.15) is 5.36 Å². The smallest absolute Gasteiger partial charge is 0.368 e. The number of benzene rings is 1. The van der Waals surface area contributed by atoms with Crippen LogP contribution in [-0.4, -0.2) is 18.6 Å². The van der Waals surface area contributed by atoms with Gasteiger partial charge in [0.25, 0.3) is 0 Å². The maximum Gasteiger partial charge on any atom is 0.368 e. The lowest BCUT2D eigenvalue weighted by Gasteiger charge is -2.01. The number of urea groups is 1. The number of para-hydroxylation sites is 1. The van der Waals surface area contributed by atoms with Crippen LogP contribution in [0.1, 0.15) is 19.4 Å². The van der Waals surface area contributed by atoms with Gasteiger partial charge in [-0.2, -0.15) is 9.98 Å². The minimum absolute atomic E-state index is 0.327. The molecule has 0 unspecified atom stereocenters. The molecule has 2 rings (SSSR count). The fraction of sp³-hybridized carbons (Fsp3) is 0.231. The highest BCUT2D eigenvalue weighted by molar-refractivity contribution is 5.91. The first-order valence-corrected chi connectivity index (χ1v) is 5.57. The van der Waals surface area contributed by atoms with Gasteiger partial charge in [-0.25, -0.2) is 9.59 Å². The van der Waals surface area contributed by atoms with E-state index in [1.165, 1.54) is 6.08 Å². The van der Waals surface area contributed by atoms with Crippen LogP contribution in [0.15, 0.2) is 34.3 Å². The Kier molecular flexibility index (Phi) is 3.32. The molecule has 5 nitrogen and oxygen atoms in total. The van der Waals surface area contributed by atoms with Crippen molar-refractivity contribution in [3.05, 3.63) is 40.6 Å². The van der Waals surface area contributed by atoms with E-state index in [0.29, 0.717) is 22.9 Å². The molecule has 1 aliphatic heterocycles. The Bertz CT molecular complexity index is 659. The number of rotatable bonds is 3. The second-order valence-electron chi connectivity index (χ2n) is 3.76. The molecule has 0 aliphatic carbocycles. The van der Waals surface area contributed by atoms with Gasteiger partial charge in [-0.3, -0.25) is 0 Å². The third-order valence-corrected chi connectivity index (χ3v) is 2.48. The summed E-state index contributed by atoms with van der Waals surface area (Å²) in [4.78, 5) is 30.1. The van der Waals surface area contributed by atoms with Crippen LogP contribution < -0.4 is 10.7 Å². The lowest BCUT2D eigenvalue weighted by molar-refractivity contribution is -0.137. The molecule has 92 valence electrons. The largest absolute Gasteiger partial charge is 0.463 e. The number of allylic oxidation sites excluding steroid dienone is 1. The summed E-state index contributed by atoms with van der Waals surface area (Å²) in [7, 11) is 0. The van der Waals surface area contributed by atoms with Crippen LogP contribution in [-0.2, 0) is 9.53 Å². The quantitative estimate of drug-likeness (QED) is 0.589. The molecule has 0 atom stereocenters. The molecule has 1 aromatic carbocycles. The average molecular weight is 244 g/mol. The molecule has 18 heavy (non-hydrogen) atoms. The zero-order chi connectivity index (χ0) is 13.1. The Hall–Kier alpha value is -2.30. The highest BCUT2D eigenvalue weighted by Gasteiger charge is 2.10. The SMILES string of the molecule is CCOC(=O)/C=C(/C)c1cccc2c1=NC(=O)N=2. The average Bonchev–Trinajstić information content (AvgIpc) is 2.68. The van der Waals surface area contributed by atoms with Gasteiger partial charge in [0.15, 0.2) is 0 Å². The first-order valence-electron chi connectivity index (χ1n) is 5.57. The fourth-order valence-corrected chi connectivity index (χ4v) is 1.72. The van der Waals surface area contributed by atoms with Crippen molar-refractivity contribution in [3.8, 4) is 0 Å². The number of amides is 2. The summed E-state index contributed by atoms with van der Waals surface area (Å²) >= 11 is 0. The van der Waals surface area contributed by atoms with Gasteiger partial charge < -0.3 is 4.74 Å². The Morgan fingerprint density at radius 3 is 2.89 bits per heavy atom. The number of nitrogens with zero attached hydrogens (tertiary/aromatic N) is 2. The summed E-state index contributed by atoms with van der Waals surface area (Å²) in [6, 6.07) is 4.77. The van der Waals surface area contributed by atoms with E-state index in [9.17, 15) is 9.59 Å². The highest BCUT2D eigenvalue weighted by atomic mass is 16.5. The predicted molar refractivity (Wildman–Crippen MR) is 64.4 cm³/mol. The molecular weight excluding hydrogens is 232 g/mol. The van der Waals surface area contributed by atoms with E-state index in [4.69, 9.17) is 4.74 Å². The van der Waals surface area contributed by atoms with Crippen LogP contribution in [0.4, 0.5) is 4.79 Å². The molecule has 0 saturated heterocycles. The second kappa shape index (κ2) is 4.91. The van der Waals surface area contributed by atoms with Crippen LogP contribution in [0.5, 0.6) is 0 Å². The second-order valence-corrected chi connectivity index (χ2v) is 3.76. The molecule has 5 heteroatoms. The van der Waals surface area contributed by atoms with E-state index in [1.807, 2.05) is 0 Å². The number of ether oxygens (including phenoxy) is 1. The highest BCUT2D eigenvalue weighted by Crippen LogP contribution is 2.08. The molecule has 0 saturated carbocycles. The van der Waals surface area contributed by atoms with Crippen molar-refractivity contribution < 1.29 is 14.3 Å². The van der Waals surface area contributed by atoms with Gasteiger partial charge in [0, 0.05) is 11.6 Å². The summed E-state index contributed by atoms with van der Waals surface area (Å²) in [6.07, 6.45) is 1.39. The summed E-state index contributed by atoms with van der Waals surface area (Å²) < 4.78 is 4.84. The van der Waals surface area contributed by atoms with Gasteiger partial charge in [-0.1, -0.05) is 12.1 Å². The van der Waals surface area contributed by atoms with Gasteiger partial charge in [-0.05, 0) is 25.5 Å². The fourth-order valence-electron chi connectivity index (χ4n) is 1.72. The molecule has 1 aromatic rings. The van der Waals surface area contributed by atoms with Crippen molar-refractivity contribution in [1.29, 1.82) is 0 Å². The maximum absolute atomic E-state index is 11.4. The van der Waals surface area contributed by atoms with Crippen LogP contribution in [0.25, 0.3) is 5.57 Å². The zero-order valence-electron chi connectivity index (χ0n) is 10.1. The molecule has 0 radical (unpaired) electrons. The third-order valence-electron chi connectivity index (χ3n) is 2.48. The molecule has 0 fully saturated rings. The first kappa shape index (κ1) is 12.2. The minimum atomic E-state index is -0.513. The maximum atomic E-state index is 11.4. The van der Waals surface area contributed by atoms with Crippen molar-refractivity contribution in [2.24, 2.45) is 9.98 Å². The Labute approximate surface area is 104 Å². The van der Waals surface area contributed by atoms with Gasteiger partial charge in [0.2, 0.25) is 0 Å². The third kappa shape index (κ3) is 2.34. The van der Waals surface area contributed by atoms with Gasteiger partial charge in [0.05, 0.1) is 12.0 Å². The van der Waals surface area contributed by atoms with E-state index in [2.05, 4.69) is 9.98 Å². The van der Waals surface area contributed by atoms with Gasteiger partial charge >= 0.3 is 12.0 Å². The van der Waals surface area contributed by atoms with Crippen molar-refractivity contribution in [1.82, 2.24) is 0 Å². The molecule has 1 heterocycles. The number of hydrogen-bond donors (Lipinski definition) is 0. The number of hydrogen-bond acceptors (Lipinski definition) is 3. The van der Waals surface area contributed by atoms with E-state index < -0.39 is 12.0 Å². The number of esters is 1. The standard InChI is InChI=1S/C13H12N2O3/c1-3-18-11(16)7-8(2)9-5-4-6-10-12(9)15-13(17)14-10/h4-7H,3H2,1-2H3/b8-7-. The number of carbonyl (C=O) groups excluding carboxylic acids is 2. The molecule has 0 bridgehead atoms. The Morgan fingerprint density at radius 1 is 1.39 bits per heavy atom. The molecule has 0 aromatic heterocycles. The first-order chi connectivity index (χ1) is 8.61. The molecule has 0 N–H and O–H groups in total. The summed E-state index contributed by atoms with van der Waals surface area (Å²) in [6.45, 7) is 3.84.